The molecule has 2 heterocycles. The molecule has 0 amide bonds. The van der Waals surface area contributed by atoms with E-state index in [1.807, 2.05) is 0 Å². The Morgan fingerprint density at radius 2 is 1.79 bits per heavy atom. The van der Waals surface area contributed by atoms with Crippen LogP contribution in [0.2, 0.25) is 0 Å². The van der Waals surface area contributed by atoms with E-state index in [1.54, 1.807) is 13.8 Å². The van der Waals surface area contributed by atoms with Gasteiger partial charge in [0, 0.05) is 22.9 Å². The fraction of sp³-hybridized carbons (Fsp3) is 0.158. The number of halogens is 2. The Balaban J connectivity index is 2.43. The molecule has 0 radical (unpaired) electrons. The molecule has 0 spiro atoms. The van der Waals surface area contributed by atoms with Gasteiger partial charge in [0.1, 0.15) is 17.3 Å². The number of H-pyrrole nitrogens is 1. The normalized spacial score (nSPS) is 11.0. The van der Waals surface area contributed by atoms with Crippen LogP contribution in [-0.2, 0) is 0 Å². The minimum Gasteiger partial charge on any atom is -0.476 e. The zero-order valence-corrected chi connectivity index (χ0v) is 15.0. The van der Waals surface area contributed by atoms with Crippen molar-refractivity contribution >= 4 is 11.8 Å². The first-order chi connectivity index (χ1) is 13.2. The van der Waals surface area contributed by atoms with Crippen LogP contribution in [-0.4, -0.2) is 26.0 Å². The summed E-state index contributed by atoms with van der Waals surface area (Å²) in [5.74, 6) is -3.54. The van der Waals surface area contributed by atoms with Gasteiger partial charge in [-0.3, -0.25) is 4.79 Å². The number of hydrogen-bond acceptors (Lipinski definition) is 5. The van der Waals surface area contributed by atoms with Gasteiger partial charge in [-0.2, -0.15) is 0 Å². The minimum atomic E-state index is -1.42. The van der Waals surface area contributed by atoms with Crippen molar-refractivity contribution in [2.75, 3.05) is 5.73 Å². The number of nitrogens with one attached hydrogen (secondary N) is 1. The smallest absolute Gasteiger partial charge is 0.358 e. The monoisotopic (exact) mass is 386 g/mol. The average Bonchev–Trinajstić information content (AvgIpc) is 2.63. The average molecular weight is 386 g/mol. The van der Waals surface area contributed by atoms with Crippen molar-refractivity contribution in [1.29, 1.82) is 0 Å². The molecule has 2 aromatic heterocycles. The number of pyridine rings is 1. The van der Waals surface area contributed by atoms with E-state index in [1.165, 1.54) is 12.1 Å². The molecular formula is C19H16F2N4O3. The van der Waals surface area contributed by atoms with Crippen LogP contribution in [0.15, 0.2) is 35.1 Å². The summed E-state index contributed by atoms with van der Waals surface area (Å²) in [5.41, 5.74) is 5.18. The van der Waals surface area contributed by atoms with E-state index in [0.29, 0.717) is 11.3 Å². The summed E-state index contributed by atoms with van der Waals surface area (Å²) in [6.45, 7) is 3.61. The number of anilines is 1. The fourth-order valence-corrected chi connectivity index (χ4v) is 2.81. The zero-order chi connectivity index (χ0) is 20.6. The van der Waals surface area contributed by atoms with Crippen molar-refractivity contribution in [3.63, 3.8) is 0 Å². The Labute approximate surface area is 157 Å². The number of rotatable bonds is 4. The van der Waals surface area contributed by atoms with Crippen LogP contribution in [0, 0.1) is 11.6 Å². The molecule has 0 fully saturated rings. The second-order valence-corrected chi connectivity index (χ2v) is 6.39. The molecule has 3 rings (SSSR count). The Morgan fingerprint density at radius 3 is 2.43 bits per heavy atom. The summed E-state index contributed by atoms with van der Waals surface area (Å²) in [5, 5.41) is 9.35. The molecule has 144 valence electrons. The Morgan fingerprint density at radius 1 is 1.11 bits per heavy atom. The number of carbonyl (C=O) groups is 1. The third-order valence-corrected chi connectivity index (χ3v) is 4.09. The lowest BCUT2D eigenvalue weighted by atomic mass is 9.97. The van der Waals surface area contributed by atoms with Crippen LogP contribution in [0.4, 0.5) is 14.6 Å². The predicted octanol–water partition coefficient (Wildman–Crippen LogP) is 3.18. The highest BCUT2D eigenvalue weighted by Gasteiger charge is 2.24. The van der Waals surface area contributed by atoms with Crippen molar-refractivity contribution < 1.29 is 18.7 Å². The summed E-state index contributed by atoms with van der Waals surface area (Å²) >= 11 is 0. The van der Waals surface area contributed by atoms with Gasteiger partial charge in [0.2, 0.25) is 5.56 Å². The summed E-state index contributed by atoms with van der Waals surface area (Å²) in [6.07, 6.45) is 0. The fourth-order valence-electron chi connectivity index (χ4n) is 2.81. The van der Waals surface area contributed by atoms with Gasteiger partial charge >= 0.3 is 5.97 Å². The van der Waals surface area contributed by atoms with Gasteiger partial charge in [0.25, 0.3) is 0 Å². The molecule has 4 N–H and O–H groups in total. The Bertz CT molecular complexity index is 1140. The second kappa shape index (κ2) is 7.18. The molecule has 0 bridgehead atoms. The van der Waals surface area contributed by atoms with Gasteiger partial charge in [0.15, 0.2) is 11.5 Å². The van der Waals surface area contributed by atoms with Crippen LogP contribution in [0.3, 0.4) is 0 Å². The number of nitrogens with two attached hydrogens (primary N) is 1. The largest absolute Gasteiger partial charge is 0.476 e. The number of aromatic amines is 1. The number of nitrogens with zero attached hydrogens (tertiary/aromatic N) is 2. The molecule has 0 aliphatic carbocycles. The lowest BCUT2D eigenvalue weighted by Crippen LogP contribution is -2.14. The van der Waals surface area contributed by atoms with E-state index in [-0.39, 0.29) is 28.4 Å². The van der Waals surface area contributed by atoms with E-state index < -0.39 is 29.1 Å². The molecule has 0 aliphatic heterocycles. The lowest BCUT2D eigenvalue weighted by Gasteiger charge is -2.16. The highest BCUT2D eigenvalue weighted by atomic mass is 19.1. The van der Waals surface area contributed by atoms with Crippen LogP contribution in [0.25, 0.3) is 22.5 Å². The summed E-state index contributed by atoms with van der Waals surface area (Å²) < 4.78 is 28.2. The van der Waals surface area contributed by atoms with E-state index in [4.69, 9.17) is 5.73 Å². The minimum absolute atomic E-state index is 0.0314. The van der Waals surface area contributed by atoms with Gasteiger partial charge in [-0.15, -0.1) is 0 Å². The predicted molar refractivity (Wildman–Crippen MR) is 98.9 cm³/mol. The Kier molecular flexibility index (Phi) is 4.91. The first-order valence-electron chi connectivity index (χ1n) is 8.29. The third-order valence-electron chi connectivity index (χ3n) is 4.09. The van der Waals surface area contributed by atoms with Crippen molar-refractivity contribution in [3.8, 4) is 22.5 Å². The molecule has 7 nitrogen and oxygen atoms in total. The quantitative estimate of drug-likeness (QED) is 0.633. The van der Waals surface area contributed by atoms with Crippen molar-refractivity contribution in [1.82, 2.24) is 15.0 Å². The second-order valence-electron chi connectivity index (χ2n) is 6.39. The Hall–Kier alpha value is -3.62. The van der Waals surface area contributed by atoms with Crippen molar-refractivity contribution in [3.05, 3.63) is 63.7 Å². The molecule has 0 unspecified atom stereocenters. The van der Waals surface area contributed by atoms with Crippen LogP contribution >= 0.6 is 0 Å². The molecular weight excluding hydrogens is 370 g/mol. The molecule has 0 aliphatic rings. The lowest BCUT2D eigenvalue weighted by molar-refractivity contribution is 0.0691. The number of carboxylic acid groups (broad SMARTS) is 1. The number of benzene rings is 1. The first-order valence-corrected chi connectivity index (χ1v) is 8.29. The van der Waals surface area contributed by atoms with Crippen LogP contribution < -0.4 is 11.3 Å². The molecule has 3 aromatic rings. The number of carboxylic acids is 1. The van der Waals surface area contributed by atoms with Gasteiger partial charge in [-0.05, 0) is 30.2 Å². The maximum Gasteiger partial charge on any atom is 0.358 e. The van der Waals surface area contributed by atoms with Gasteiger partial charge in [-0.25, -0.2) is 23.5 Å². The summed E-state index contributed by atoms with van der Waals surface area (Å²) in [6, 6.07) is 5.45. The molecule has 1 aromatic carbocycles. The molecule has 28 heavy (non-hydrogen) atoms. The standard InChI is InChI=1S/C19H16F2N4O3/c1-8(2)14-10(4-6-13(26)23-14)15-16(11-7-9(20)3-5-12(11)21)25-18(22)17(24-15)19(27)28/h3-8H,1-2H3,(H2,22,25)(H,23,26)(H,27,28). The molecule has 9 heteroatoms. The number of hydrogen-bond donors (Lipinski definition) is 3. The van der Waals surface area contributed by atoms with E-state index in [2.05, 4.69) is 15.0 Å². The maximum absolute atomic E-state index is 14.4. The highest BCUT2D eigenvalue weighted by Crippen LogP contribution is 2.35. The number of aromatic nitrogens is 3. The van der Waals surface area contributed by atoms with Crippen LogP contribution in [0.1, 0.15) is 35.9 Å². The SMILES string of the molecule is CC(C)c1[nH]c(=O)ccc1-c1nc(C(=O)O)c(N)nc1-c1cc(F)ccc1F. The third kappa shape index (κ3) is 3.46. The molecule has 0 atom stereocenters. The summed E-state index contributed by atoms with van der Waals surface area (Å²) in [4.78, 5) is 34.0. The topological polar surface area (TPSA) is 122 Å². The van der Waals surface area contributed by atoms with E-state index >= 15 is 0 Å². The molecule has 0 saturated heterocycles. The van der Waals surface area contributed by atoms with E-state index in [0.717, 1.165) is 18.2 Å². The van der Waals surface area contributed by atoms with Gasteiger partial charge < -0.3 is 15.8 Å². The first kappa shape index (κ1) is 19.2. The van der Waals surface area contributed by atoms with Crippen LogP contribution in [0.5, 0.6) is 0 Å². The maximum atomic E-state index is 14.4. The number of nitrogen functional groups attached to an aromatic ring is 1. The van der Waals surface area contributed by atoms with Crippen molar-refractivity contribution in [2.24, 2.45) is 0 Å². The van der Waals surface area contributed by atoms with E-state index in [9.17, 15) is 23.5 Å². The highest BCUT2D eigenvalue weighted by molar-refractivity contribution is 5.93. The summed E-state index contributed by atoms with van der Waals surface area (Å²) in [7, 11) is 0. The van der Waals surface area contributed by atoms with Gasteiger partial charge in [-0.1, -0.05) is 13.8 Å². The van der Waals surface area contributed by atoms with Crippen molar-refractivity contribution in [2.45, 2.75) is 19.8 Å². The van der Waals surface area contributed by atoms with Gasteiger partial charge in [0.05, 0.1) is 5.69 Å². The number of aromatic carboxylic acids is 1. The molecule has 0 saturated carbocycles. The zero-order valence-electron chi connectivity index (χ0n) is 15.0.